The van der Waals surface area contributed by atoms with Crippen LogP contribution in [0.5, 0.6) is 0 Å². The van der Waals surface area contributed by atoms with Crippen molar-refractivity contribution in [3.63, 3.8) is 0 Å². The SMILES string of the molecule is N#Cc1cnc2c(Cl)cc(NC(c3ccc(Cl)c(Cl)c3)c3cn(C4CCN(C(=O)OCc5ccccc5)CC4)nn3)cc2c1Nc1ccc(F)c(Cl)c1. The Morgan fingerprint density at radius 1 is 0.943 bits per heavy atom. The van der Waals surface area contributed by atoms with Gasteiger partial charge in [-0.05, 0) is 66.4 Å². The zero-order chi connectivity index (χ0) is 37.1. The lowest BCUT2D eigenvalue weighted by atomic mass is 10.0. The summed E-state index contributed by atoms with van der Waals surface area (Å²) in [4.78, 5) is 18.9. The van der Waals surface area contributed by atoms with E-state index < -0.39 is 11.9 Å². The van der Waals surface area contributed by atoms with Crippen molar-refractivity contribution in [1.29, 1.82) is 5.26 Å². The van der Waals surface area contributed by atoms with Gasteiger partial charge in [0.25, 0.3) is 0 Å². The number of anilines is 3. The molecular weight excluding hydrogens is 761 g/mol. The van der Waals surface area contributed by atoms with E-state index >= 15 is 0 Å². The van der Waals surface area contributed by atoms with E-state index in [4.69, 9.17) is 51.1 Å². The highest BCUT2D eigenvalue weighted by atomic mass is 35.5. The molecule has 1 saturated heterocycles. The van der Waals surface area contributed by atoms with Crippen LogP contribution in [0.1, 0.15) is 47.3 Å². The molecule has 2 N–H and O–H groups in total. The van der Waals surface area contributed by atoms with Crippen molar-refractivity contribution in [2.75, 3.05) is 23.7 Å². The third-order valence-electron chi connectivity index (χ3n) is 8.95. The van der Waals surface area contributed by atoms with E-state index in [1.807, 2.05) is 53.3 Å². The molecule has 7 rings (SSSR count). The number of nitrogens with one attached hydrogen (secondary N) is 2. The number of piperidine rings is 1. The van der Waals surface area contributed by atoms with Gasteiger partial charge in [-0.3, -0.25) is 4.98 Å². The predicted octanol–water partition coefficient (Wildman–Crippen LogP) is 10.4. The van der Waals surface area contributed by atoms with Crippen molar-refractivity contribution in [3.8, 4) is 6.07 Å². The molecular formula is C38H29Cl4FN8O2. The monoisotopic (exact) mass is 788 g/mol. The Labute approximate surface area is 324 Å². The fourth-order valence-electron chi connectivity index (χ4n) is 6.19. The average molecular weight is 791 g/mol. The minimum absolute atomic E-state index is 0.00284. The third-order valence-corrected chi connectivity index (χ3v) is 10.3. The number of halogens is 5. The molecule has 0 radical (unpaired) electrons. The summed E-state index contributed by atoms with van der Waals surface area (Å²) in [6, 6.07) is 24.2. The van der Waals surface area contributed by atoms with E-state index in [9.17, 15) is 14.4 Å². The molecule has 3 heterocycles. The second kappa shape index (κ2) is 15.9. The first kappa shape index (κ1) is 36.2. The van der Waals surface area contributed by atoms with Gasteiger partial charge in [0.1, 0.15) is 24.2 Å². The van der Waals surface area contributed by atoms with Crippen LogP contribution in [-0.2, 0) is 11.3 Å². The maximum Gasteiger partial charge on any atom is 0.410 e. The molecule has 0 bridgehead atoms. The number of pyridine rings is 1. The molecule has 2 aromatic heterocycles. The van der Waals surface area contributed by atoms with E-state index in [0.717, 1.165) is 11.1 Å². The summed E-state index contributed by atoms with van der Waals surface area (Å²) >= 11 is 25.6. The summed E-state index contributed by atoms with van der Waals surface area (Å²) in [6.07, 6.45) is 4.28. The Balaban J connectivity index is 1.15. The topological polar surface area (TPSA) is 121 Å². The van der Waals surface area contributed by atoms with Crippen molar-refractivity contribution in [2.45, 2.75) is 31.5 Å². The third kappa shape index (κ3) is 8.11. The number of hydrogen-bond acceptors (Lipinski definition) is 8. The Morgan fingerprint density at radius 2 is 1.72 bits per heavy atom. The molecule has 0 spiro atoms. The van der Waals surface area contributed by atoms with Crippen LogP contribution in [0.15, 0.2) is 91.3 Å². The maximum absolute atomic E-state index is 13.9. The molecule has 1 fully saturated rings. The summed E-state index contributed by atoms with van der Waals surface area (Å²) in [5.41, 5.74) is 4.41. The first-order chi connectivity index (χ1) is 25.7. The van der Waals surface area contributed by atoms with Gasteiger partial charge >= 0.3 is 6.09 Å². The van der Waals surface area contributed by atoms with Crippen LogP contribution in [0, 0.1) is 17.1 Å². The van der Waals surface area contributed by atoms with E-state index in [-0.39, 0.29) is 29.3 Å². The number of likely N-dealkylation sites (tertiary alicyclic amines) is 1. The number of carbonyl (C=O) groups excluding carboxylic acids is 1. The lowest BCUT2D eigenvalue weighted by Crippen LogP contribution is -2.39. The summed E-state index contributed by atoms with van der Waals surface area (Å²) in [7, 11) is 0. The Bertz CT molecular complexity index is 2350. The maximum atomic E-state index is 13.9. The number of hydrogen-bond donors (Lipinski definition) is 2. The molecule has 1 aliphatic heterocycles. The predicted molar refractivity (Wildman–Crippen MR) is 205 cm³/mol. The van der Waals surface area contributed by atoms with Gasteiger partial charge in [-0.1, -0.05) is 88.0 Å². The fourth-order valence-corrected chi connectivity index (χ4v) is 6.95. The minimum Gasteiger partial charge on any atom is -0.445 e. The van der Waals surface area contributed by atoms with Gasteiger partial charge in [-0.15, -0.1) is 5.10 Å². The number of aromatic nitrogens is 4. The zero-order valence-corrected chi connectivity index (χ0v) is 30.8. The highest BCUT2D eigenvalue weighted by molar-refractivity contribution is 6.42. The molecule has 268 valence electrons. The molecule has 1 atom stereocenters. The normalized spacial score (nSPS) is 13.8. The van der Waals surface area contributed by atoms with Crippen molar-refractivity contribution in [2.24, 2.45) is 0 Å². The quantitative estimate of drug-likeness (QED) is 0.149. The van der Waals surface area contributed by atoms with Crippen molar-refractivity contribution < 1.29 is 13.9 Å². The summed E-state index contributed by atoms with van der Waals surface area (Å²) in [6.45, 7) is 1.24. The minimum atomic E-state index is -0.570. The molecule has 1 unspecified atom stereocenters. The molecule has 4 aromatic carbocycles. The Morgan fingerprint density at radius 3 is 2.45 bits per heavy atom. The number of nitriles is 1. The fraction of sp³-hybridized carbons (Fsp3) is 0.184. The van der Waals surface area contributed by atoms with Crippen molar-refractivity contribution in [1.82, 2.24) is 24.9 Å². The number of ether oxygens (including phenoxy) is 1. The van der Waals surface area contributed by atoms with Crippen LogP contribution in [0.25, 0.3) is 10.9 Å². The number of carbonyl (C=O) groups is 1. The van der Waals surface area contributed by atoms with Crippen LogP contribution in [0.2, 0.25) is 20.1 Å². The van der Waals surface area contributed by atoms with Crippen LogP contribution in [-0.4, -0.2) is 44.1 Å². The van der Waals surface area contributed by atoms with E-state index in [1.54, 1.807) is 23.1 Å². The summed E-state index contributed by atoms with van der Waals surface area (Å²) < 4.78 is 21.3. The van der Waals surface area contributed by atoms with Crippen LogP contribution in [0.3, 0.4) is 0 Å². The number of benzene rings is 4. The number of fused-ring (bicyclic) bond motifs is 1. The van der Waals surface area contributed by atoms with Crippen LogP contribution >= 0.6 is 46.4 Å². The molecule has 53 heavy (non-hydrogen) atoms. The van der Waals surface area contributed by atoms with Crippen LogP contribution in [0.4, 0.5) is 26.2 Å². The zero-order valence-electron chi connectivity index (χ0n) is 27.7. The summed E-state index contributed by atoms with van der Waals surface area (Å²) in [5, 5.41) is 27.3. The molecule has 1 aliphatic rings. The number of amides is 1. The second-order valence-corrected chi connectivity index (χ2v) is 14.0. The lowest BCUT2D eigenvalue weighted by molar-refractivity contribution is 0.0820. The molecule has 10 nitrogen and oxygen atoms in total. The molecule has 6 aromatic rings. The number of nitrogens with zero attached hydrogens (tertiary/aromatic N) is 6. The largest absolute Gasteiger partial charge is 0.445 e. The Kier molecular flexibility index (Phi) is 10.8. The highest BCUT2D eigenvalue weighted by Crippen LogP contribution is 2.38. The second-order valence-electron chi connectivity index (χ2n) is 12.4. The first-order valence-corrected chi connectivity index (χ1v) is 18.0. The number of rotatable bonds is 9. The van der Waals surface area contributed by atoms with Gasteiger partial charge in [0, 0.05) is 36.0 Å². The molecule has 0 saturated carbocycles. The van der Waals surface area contributed by atoms with Gasteiger partial charge in [0.05, 0.1) is 55.1 Å². The Hall–Kier alpha value is -5.12. The van der Waals surface area contributed by atoms with Gasteiger partial charge in [-0.2, -0.15) is 5.26 Å². The lowest BCUT2D eigenvalue weighted by Gasteiger charge is -2.31. The van der Waals surface area contributed by atoms with Crippen LogP contribution < -0.4 is 10.6 Å². The van der Waals surface area contributed by atoms with E-state index in [2.05, 4.69) is 32.0 Å². The molecule has 15 heteroatoms. The van der Waals surface area contributed by atoms with Crippen molar-refractivity contribution >= 4 is 80.5 Å². The first-order valence-electron chi connectivity index (χ1n) is 16.5. The highest BCUT2D eigenvalue weighted by Gasteiger charge is 2.27. The van der Waals surface area contributed by atoms with Gasteiger partial charge in [-0.25, -0.2) is 13.9 Å². The van der Waals surface area contributed by atoms with Gasteiger partial charge in [0.15, 0.2) is 0 Å². The van der Waals surface area contributed by atoms with Crippen molar-refractivity contribution in [3.05, 3.63) is 140 Å². The average Bonchev–Trinajstić information content (AvgIpc) is 3.66. The molecule has 1 amide bonds. The standard InChI is InChI=1S/C38H29Cl4FN8O2/c39-29-8-6-23(14-30(29)40)36(34-20-51(49-48-34)27-10-12-50(13-11-27)38(52)53-21-22-4-2-1-3-5-22)47-26-15-28-35(46-25-7-9-33(43)31(41)16-25)24(18-44)19-45-37(28)32(42)17-26/h1-9,14-17,19-20,27,36,47H,10-13,21H2,(H,45,46). The summed E-state index contributed by atoms with van der Waals surface area (Å²) in [5.74, 6) is -0.568. The van der Waals surface area contributed by atoms with Gasteiger partial charge in [0.2, 0.25) is 0 Å². The smallest absolute Gasteiger partial charge is 0.410 e. The molecule has 0 aliphatic carbocycles. The van der Waals surface area contributed by atoms with Gasteiger partial charge < -0.3 is 20.3 Å². The van der Waals surface area contributed by atoms with E-state index in [1.165, 1.54) is 24.4 Å². The van der Waals surface area contributed by atoms with E-state index in [0.29, 0.717) is 74.7 Å².